The lowest BCUT2D eigenvalue weighted by Crippen LogP contribution is -2.10. The predicted molar refractivity (Wildman–Crippen MR) is 121 cm³/mol. The molecular formula is C27H19NO2. The van der Waals surface area contributed by atoms with Crippen molar-refractivity contribution in [3.63, 3.8) is 0 Å². The van der Waals surface area contributed by atoms with Gasteiger partial charge in [-0.05, 0) is 42.0 Å². The van der Waals surface area contributed by atoms with Gasteiger partial charge >= 0.3 is 5.97 Å². The standard InChI is InChI=1S/C27H19NO2/c1-18-10-12-20(13-11-18)26-17-24(23-8-4-5-9-25(23)28-26)27(29)30-22-15-14-19-6-2-3-7-21(19)16-22/h2-17H,1H3. The van der Waals surface area contributed by atoms with Gasteiger partial charge in [0.2, 0.25) is 0 Å². The highest BCUT2D eigenvalue weighted by molar-refractivity contribution is 6.05. The van der Waals surface area contributed by atoms with Crippen molar-refractivity contribution >= 4 is 27.6 Å². The van der Waals surface area contributed by atoms with Crippen LogP contribution in [0.25, 0.3) is 32.9 Å². The molecule has 30 heavy (non-hydrogen) atoms. The van der Waals surface area contributed by atoms with E-state index in [1.807, 2.05) is 104 Å². The lowest BCUT2D eigenvalue weighted by Gasteiger charge is -2.11. The number of fused-ring (bicyclic) bond motifs is 2. The average Bonchev–Trinajstić information content (AvgIpc) is 2.78. The Morgan fingerprint density at radius 1 is 0.767 bits per heavy atom. The van der Waals surface area contributed by atoms with E-state index < -0.39 is 5.97 Å². The number of hydrogen-bond acceptors (Lipinski definition) is 3. The number of para-hydroxylation sites is 1. The first-order valence-electron chi connectivity index (χ1n) is 9.85. The monoisotopic (exact) mass is 389 g/mol. The van der Waals surface area contributed by atoms with Crippen LogP contribution in [0.5, 0.6) is 5.75 Å². The van der Waals surface area contributed by atoms with Gasteiger partial charge in [-0.25, -0.2) is 9.78 Å². The molecule has 0 aliphatic heterocycles. The fourth-order valence-electron chi connectivity index (χ4n) is 3.61. The summed E-state index contributed by atoms with van der Waals surface area (Å²) >= 11 is 0. The largest absolute Gasteiger partial charge is 0.423 e. The van der Waals surface area contributed by atoms with Crippen molar-refractivity contribution in [3.05, 3.63) is 108 Å². The van der Waals surface area contributed by atoms with E-state index in [-0.39, 0.29) is 0 Å². The molecule has 144 valence electrons. The number of esters is 1. The highest BCUT2D eigenvalue weighted by Crippen LogP contribution is 2.27. The van der Waals surface area contributed by atoms with Crippen molar-refractivity contribution in [1.29, 1.82) is 0 Å². The topological polar surface area (TPSA) is 39.2 Å². The van der Waals surface area contributed by atoms with E-state index in [1.165, 1.54) is 5.56 Å². The highest BCUT2D eigenvalue weighted by Gasteiger charge is 2.16. The first-order valence-corrected chi connectivity index (χ1v) is 9.85. The van der Waals surface area contributed by atoms with Gasteiger partial charge in [0, 0.05) is 10.9 Å². The molecule has 3 nitrogen and oxygen atoms in total. The molecule has 0 saturated heterocycles. The summed E-state index contributed by atoms with van der Waals surface area (Å²) in [7, 11) is 0. The second kappa shape index (κ2) is 7.45. The maximum Gasteiger partial charge on any atom is 0.344 e. The SMILES string of the molecule is Cc1ccc(-c2cc(C(=O)Oc3ccc4ccccc4c3)c3ccccc3n2)cc1. The summed E-state index contributed by atoms with van der Waals surface area (Å²) in [4.78, 5) is 17.9. The quantitative estimate of drug-likeness (QED) is 0.258. The Morgan fingerprint density at radius 3 is 2.33 bits per heavy atom. The van der Waals surface area contributed by atoms with Crippen LogP contribution in [-0.4, -0.2) is 11.0 Å². The minimum atomic E-state index is -0.391. The number of hydrogen-bond donors (Lipinski definition) is 0. The Morgan fingerprint density at radius 2 is 1.50 bits per heavy atom. The lowest BCUT2D eigenvalue weighted by atomic mass is 10.0. The number of nitrogens with zero attached hydrogens (tertiary/aromatic N) is 1. The van der Waals surface area contributed by atoms with Gasteiger partial charge in [-0.1, -0.05) is 78.4 Å². The molecule has 0 atom stereocenters. The van der Waals surface area contributed by atoms with Gasteiger partial charge in [0.15, 0.2) is 0 Å². The maximum absolute atomic E-state index is 13.2. The third-order valence-corrected chi connectivity index (χ3v) is 5.21. The minimum absolute atomic E-state index is 0.391. The van der Waals surface area contributed by atoms with Crippen LogP contribution in [0, 0.1) is 6.92 Å². The molecule has 0 fully saturated rings. The number of pyridine rings is 1. The fourth-order valence-corrected chi connectivity index (χ4v) is 3.61. The molecule has 0 N–H and O–H groups in total. The van der Waals surface area contributed by atoms with Crippen LogP contribution < -0.4 is 4.74 Å². The molecule has 3 heteroatoms. The van der Waals surface area contributed by atoms with Gasteiger partial charge in [-0.3, -0.25) is 0 Å². The number of aromatic nitrogens is 1. The Hall–Kier alpha value is -3.98. The van der Waals surface area contributed by atoms with E-state index in [9.17, 15) is 4.79 Å². The van der Waals surface area contributed by atoms with E-state index in [0.717, 1.165) is 32.9 Å². The van der Waals surface area contributed by atoms with Crippen molar-refractivity contribution in [2.24, 2.45) is 0 Å². The van der Waals surface area contributed by atoms with E-state index in [1.54, 1.807) is 0 Å². The van der Waals surface area contributed by atoms with Crippen LogP contribution in [0.3, 0.4) is 0 Å². The second-order valence-corrected chi connectivity index (χ2v) is 7.34. The van der Waals surface area contributed by atoms with Crippen molar-refractivity contribution in [2.75, 3.05) is 0 Å². The Bertz CT molecular complexity index is 1390. The molecule has 5 rings (SSSR count). The zero-order valence-corrected chi connectivity index (χ0v) is 16.5. The van der Waals surface area contributed by atoms with Crippen molar-refractivity contribution in [1.82, 2.24) is 4.98 Å². The zero-order valence-electron chi connectivity index (χ0n) is 16.5. The minimum Gasteiger partial charge on any atom is -0.423 e. The molecule has 0 bridgehead atoms. The number of carbonyl (C=O) groups is 1. The van der Waals surface area contributed by atoms with Crippen molar-refractivity contribution in [3.8, 4) is 17.0 Å². The molecule has 0 aliphatic carbocycles. The van der Waals surface area contributed by atoms with Gasteiger partial charge in [0.25, 0.3) is 0 Å². The summed E-state index contributed by atoms with van der Waals surface area (Å²) in [5, 5.41) is 2.91. The van der Waals surface area contributed by atoms with Crippen LogP contribution in [-0.2, 0) is 0 Å². The van der Waals surface area contributed by atoms with Gasteiger partial charge in [-0.15, -0.1) is 0 Å². The van der Waals surface area contributed by atoms with Crippen LogP contribution in [0.1, 0.15) is 15.9 Å². The zero-order chi connectivity index (χ0) is 20.5. The summed E-state index contributed by atoms with van der Waals surface area (Å²) in [6, 6.07) is 31.2. The average molecular weight is 389 g/mol. The fraction of sp³-hybridized carbons (Fsp3) is 0.0370. The highest BCUT2D eigenvalue weighted by atomic mass is 16.5. The van der Waals surface area contributed by atoms with Crippen LogP contribution in [0.15, 0.2) is 97.1 Å². The molecular weight excluding hydrogens is 370 g/mol. The molecule has 0 amide bonds. The molecule has 0 radical (unpaired) electrons. The van der Waals surface area contributed by atoms with Crippen LogP contribution in [0.2, 0.25) is 0 Å². The van der Waals surface area contributed by atoms with Crippen molar-refractivity contribution in [2.45, 2.75) is 6.92 Å². The summed E-state index contributed by atoms with van der Waals surface area (Å²) in [5.74, 6) is 0.133. The van der Waals surface area contributed by atoms with Crippen LogP contribution in [0.4, 0.5) is 0 Å². The van der Waals surface area contributed by atoms with Gasteiger partial charge in [0.05, 0.1) is 16.8 Å². The van der Waals surface area contributed by atoms with E-state index in [0.29, 0.717) is 11.3 Å². The maximum atomic E-state index is 13.2. The predicted octanol–water partition coefficient (Wildman–Crippen LogP) is 6.58. The van der Waals surface area contributed by atoms with Gasteiger partial charge < -0.3 is 4.74 Å². The number of aryl methyl sites for hydroxylation is 1. The number of benzene rings is 4. The Kier molecular flexibility index (Phi) is 4.49. The summed E-state index contributed by atoms with van der Waals surface area (Å²) in [5.41, 5.74) is 4.16. The first kappa shape index (κ1) is 18.1. The smallest absolute Gasteiger partial charge is 0.344 e. The number of carbonyl (C=O) groups excluding carboxylic acids is 1. The van der Waals surface area contributed by atoms with Crippen molar-refractivity contribution < 1.29 is 9.53 Å². The lowest BCUT2D eigenvalue weighted by molar-refractivity contribution is 0.0737. The Balaban J connectivity index is 1.57. The van der Waals surface area contributed by atoms with Gasteiger partial charge in [-0.2, -0.15) is 0 Å². The second-order valence-electron chi connectivity index (χ2n) is 7.34. The molecule has 0 unspecified atom stereocenters. The molecule has 1 aromatic heterocycles. The Labute approximate surface area is 174 Å². The van der Waals surface area contributed by atoms with E-state index in [2.05, 4.69) is 0 Å². The van der Waals surface area contributed by atoms with E-state index in [4.69, 9.17) is 9.72 Å². The summed E-state index contributed by atoms with van der Waals surface area (Å²) in [6.07, 6.45) is 0. The molecule has 5 aromatic rings. The normalized spacial score (nSPS) is 11.0. The van der Waals surface area contributed by atoms with Gasteiger partial charge in [0.1, 0.15) is 5.75 Å². The van der Waals surface area contributed by atoms with E-state index >= 15 is 0 Å². The summed E-state index contributed by atoms with van der Waals surface area (Å²) < 4.78 is 5.76. The number of ether oxygens (including phenoxy) is 1. The molecule has 0 spiro atoms. The third-order valence-electron chi connectivity index (χ3n) is 5.21. The molecule has 0 aliphatic rings. The molecule has 4 aromatic carbocycles. The van der Waals surface area contributed by atoms with Crippen LogP contribution >= 0.6 is 0 Å². The molecule has 0 saturated carbocycles. The first-order chi connectivity index (χ1) is 14.7. The molecule has 1 heterocycles. The summed E-state index contributed by atoms with van der Waals surface area (Å²) in [6.45, 7) is 2.05. The third kappa shape index (κ3) is 3.42. The number of rotatable bonds is 3.